The number of guanidine groups is 1. The van der Waals surface area contributed by atoms with Gasteiger partial charge in [-0.05, 0) is 38.7 Å². The van der Waals surface area contributed by atoms with Crippen molar-refractivity contribution in [1.82, 2.24) is 10.2 Å². The van der Waals surface area contributed by atoms with Crippen molar-refractivity contribution in [1.29, 1.82) is 0 Å². The Morgan fingerprint density at radius 3 is 2.85 bits per heavy atom. The molecule has 0 bridgehead atoms. The smallest absolute Gasteiger partial charge is 0.193 e. The highest BCUT2D eigenvalue weighted by Crippen LogP contribution is 2.41. The van der Waals surface area contributed by atoms with Crippen LogP contribution in [0.1, 0.15) is 50.2 Å². The SMILES string of the molecule is CCNC(=NCC1(c2cccc(C)c2)CCCC1)N1CCC(COC)C1. The zero-order valence-corrected chi connectivity index (χ0v) is 16.8. The number of methoxy groups -OCH3 is 1. The van der Waals surface area contributed by atoms with Gasteiger partial charge in [0.05, 0.1) is 13.2 Å². The molecule has 3 rings (SSSR count). The molecule has 144 valence electrons. The van der Waals surface area contributed by atoms with Crippen LogP contribution in [-0.4, -0.2) is 50.8 Å². The summed E-state index contributed by atoms with van der Waals surface area (Å²) in [4.78, 5) is 7.56. The zero-order valence-electron chi connectivity index (χ0n) is 16.8. The third-order valence-electron chi connectivity index (χ3n) is 6.05. The molecule has 1 aromatic carbocycles. The molecule has 2 aliphatic rings. The molecule has 4 nitrogen and oxygen atoms in total. The average molecular weight is 358 g/mol. The molecule has 1 aromatic rings. The van der Waals surface area contributed by atoms with Crippen LogP contribution in [0.25, 0.3) is 0 Å². The lowest BCUT2D eigenvalue weighted by Gasteiger charge is -2.30. The Bertz CT molecular complexity index is 607. The topological polar surface area (TPSA) is 36.9 Å². The van der Waals surface area contributed by atoms with Gasteiger partial charge in [-0.1, -0.05) is 42.7 Å². The van der Waals surface area contributed by atoms with E-state index in [1.54, 1.807) is 7.11 Å². The Balaban J connectivity index is 1.76. The maximum absolute atomic E-state index is 5.35. The van der Waals surface area contributed by atoms with E-state index in [2.05, 4.69) is 48.3 Å². The van der Waals surface area contributed by atoms with Gasteiger partial charge in [0.2, 0.25) is 0 Å². The van der Waals surface area contributed by atoms with Crippen LogP contribution in [0, 0.1) is 12.8 Å². The largest absolute Gasteiger partial charge is 0.384 e. The lowest BCUT2D eigenvalue weighted by atomic mass is 9.78. The van der Waals surface area contributed by atoms with E-state index < -0.39 is 0 Å². The van der Waals surface area contributed by atoms with E-state index >= 15 is 0 Å². The highest BCUT2D eigenvalue weighted by atomic mass is 16.5. The molecule has 1 atom stereocenters. The van der Waals surface area contributed by atoms with Crippen LogP contribution in [0.3, 0.4) is 0 Å². The van der Waals surface area contributed by atoms with Gasteiger partial charge in [0.1, 0.15) is 0 Å². The van der Waals surface area contributed by atoms with Gasteiger partial charge in [-0.2, -0.15) is 0 Å². The first-order valence-electron chi connectivity index (χ1n) is 10.3. The first-order valence-corrected chi connectivity index (χ1v) is 10.3. The molecule has 1 aliphatic heterocycles. The molecule has 1 N–H and O–H groups in total. The monoisotopic (exact) mass is 357 g/mol. The van der Waals surface area contributed by atoms with E-state index in [0.29, 0.717) is 5.92 Å². The number of nitrogens with one attached hydrogen (secondary N) is 1. The highest BCUT2D eigenvalue weighted by Gasteiger charge is 2.36. The predicted molar refractivity (Wildman–Crippen MR) is 109 cm³/mol. The van der Waals surface area contributed by atoms with Crippen molar-refractivity contribution < 1.29 is 4.74 Å². The second-order valence-electron chi connectivity index (χ2n) is 8.08. The minimum atomic E-state index is 0.221. The Hall–Kier alpha value is -1.55. The quantitative estimate of drug-likeness (QED) is 0.622. The second-order valence-corrected chi connectivity index (χ2v) is 8.08. The highest BCUT2D eigenvalue weighted by molar-refractivity contribution is 5.80. The van der Waals surface area contributed by atoms with Crippen LogP contribution >= 0.6 is 0 Å². The van der Waals surface area contributed by atoms with Crippen molar-refractivity contribution in [3.63, 3.8) is 0 Å². The fraction of sp³-hybridized carbons (Fsp3) is 0.682. The summed E-state index contributed by atoms with van der Waals surface area (Å²) in [5.74, 6) is 1.71. The van der Waals surface area contributed by atoms with Gasteiger partial charge in [0.25, 0.3) is 0 Å². The number of hydrogen-bond acceptors (Lipinski definition) is 2. The molecule has 2 fully saturated rings. The van der Waals surface area contributed by atoms with E-state index in [4.69, 9.17) is 9.73 Å². The van der Waals surface area contributed by atoms with Gasteiger partial charge in [-0.15, -0.1) is 0 Å². The van der Waals surface area contributed by atoms with Crippen molar-refractivity contribution in [3.05, 3.63) is 35.4 Å². The van der Waals surface area contributed by atoms with E-state index in [1.165, 1.54) is 43.2 Å². The van der Waals surface area contributed by atoms with Crippen LogP contribution in [0.2, 0.25) is 0 Å². The molecule has 1 saturated carbocycles. The maximum Gasteiger partial charge on any atom is 0.193 e. The Morgan fingerprint density at radius 1 is 1.35 bits per heavy atom. The van der Waals surface area contributed by atoms with Crippen molar-refractivity contribution in [2.24, 2.45) is 10.9 Å². The average Bonchev–Trinajstić information content (AvgIpc) is 3.29. The molecule has 0 aromatic heterocycles. The van der Waals surface area contributed by atoms with Crippen LogP contribution < -0.4 is 5.32 Å². The summed E-state index contributed by atoms with van der Waals surface area (Å²) in [5, 5.41) is 3.53. The molecule has 1 aliphatic carbocycles. The van der Waals surface area contributed by atoms with Crippen LogP contribution in [-0.2, 0) is 10.2 Å². The van der Waals surface area contributed by atoms with Gasteiger partial charge in [0.15, 0.2) is 5.96 Å². The summed E-state index contributed by atoms with van der Waals surface area (Å²) >= 11 is 0. The molecule has 0 spiro atoms. The molecule has 1 unspecified atom stereocenters. The maximum atomic E-state index is 5.35. The summed E-state index contributed by atoms with van der Waals surface area (Å²) in [5.41, 5.74) is 3.05. The molecule has 1 heterocycles. The van der Waals surface area contributed by atoms with Crippen LogP contribution in [0.5, 0.6) is 0 Å². The molecule has 4 heteroatoms. The first-order chi connectivity index (χ1) is 12.7. The van der Waals surface area contributed by atoms with Gasteiger partial charge in [-0.25, -0.2) is 0 Å². The lowest BCUT2D eigenvalue weighted by Crippen LogP contribution is -2.41. The number of rotatable bonds is 6. The second kappa shape index (κ2) is 8.90. The number of hydrogen-bond donors (Lipinski definition) is 1. The minimum absolute atomic E-state index is 0.221. The van der Waals surface area contributed by atoms with E-state index in [1.807, 2.05) is 0 Å². The Morgan fingerprint density at radius 2 is 2.15 bits per heavy atom. The van der Waals surface area contributed by atoms with E-state index in [-0.39, 0.29) is 5.41 Å². The molecular formula is C22H35N3O. The zero-order chi connectivity index (χ0) is 18.4. The predicted octanol–water partition coefficient (Wildman–Crippen LogP) is 3.74. The number of aryl methyl sites for hydroxylation is 1. The van der Waals surface area contributed by atoms with Gasteiger partial charge >= 0.3 is 0 Å². The molecular weight excluding hydrogens is 322 g/mol. The summed E-state index contributed by atoms with van der Waals surface area (Å²) in [6.45, 7) is 9.15. The van der Waals surface area contributed by atoms with E-state index in [9.17, 15) is 0 Å². The fourth-order valence-electron chi connectivity index (χ4n) is 4.61. The number of likely N-dealkylation sites (tertiary alicyclic amines) is 1. The normalized spacial score (nSPS) is 22.8. The molecule has 0 amide bonds. The molecule has 0 radical (unpaired) electrons. The van der Waals surface area contributed by atoms with Gasteiger partial charge in [0, 0.05) is 38.1 Å². The molecule has 26 heavy (non-hydrogen) atoms. The number of benzene rings is 1. The summed E-state index contributed by atoms with van der Waals surface area (Å²) in [7, 11) is 1.80. The van der Waals surface area contributed by atoms with Crippen LogP contribution in [0.4, 0.5) is 0 Å². The standard InChI is InChI=1S/C22H35N3O/c1-4-23-21(25-13-10-19(15-25)16-26-3)24-17-22(11-5-6-12-22)20-9-7-8-18(2)14-20/h7-9,14,19H,4-6,10-13,15-17H2,1-3H3,(H,23,24). The lowest BCUT2D eigenvalue weighted by molar-refractivity contribution is 0.157. The van der Waals surface area contributed by atoms with Crippen molar-refractivity contribution >= 4 is 5.96 Å². The number of nitrogens with zero attached hydrogens (tertiary/aromatic N) is 2. The van der Waals surface area contributed by atoms with Crippen molar-refractivity contribution in [2.45, 2.75) is 51.4 Å². The summed E-state index contributed by atoms with van der Waals surface area (Å²) in [6, 6.07) is 9.08. The summed E-state index contributed by atoms with van der Waals surface area (Å²) < 4.78 is 5.35. The van der Waals surface area contributed by atoms with E-state index in [0.717, 1.165) is 38.7 Å². The van der Waals surface area contributed by atoms with Gasteiger partial charge < -0.3 is 15.0 Å². The third kappa shape index (κ3) is 4.40. The van der Waals surface area contributed by atoms with Crippen LogP contribution in [0.15, 0.2) is 29.3 Å². The third-order valence-corrected chi connectivity index (χ3v) is 6.05. The van der Waals surface area contributed by atoms with Gasteiger partial charge in [-0.3, -0.25) is 4.99 Å². The fourth-order valence-corrected chi connectivity index (χ4v) is 4.61. The van der Waals surface area contributed by atoms with Crippen molar-refractivity contribution in [2.75, 3.05) is 39.9 Å². The minimum Gasteiger partial charge on any atom is -0.384 e. The summed E-state index contributed by atoms with van der Waals surface area (Å²) in [6.07, 6.45) is 6.35. The molecule has 1 saturated heterocycles. The first kappa shape index (κ1) is 19.2. The Labute approximate surface area is 159 Å². The Kier molecular flexibility index (Phi) is 6.58. The number of aliphatic imine (C=N–C) groups is 1. The van der Waals surface area contributed by atoms with Crippen molar-refractivity contribution in [3.8, 4) is 0 Å². The number of ether oxygens (including phenoxy) is 1.